The van der Waals surface area contributed by atoms with Gasteiger partial charge in [0.15, 0.2) is 0 Å². The molecule has 0 radical (unpaired) electrons. The van der Waals surface area contributed by atoms with Crippen LogP contribution in [0.4, 0.5) is 0 Å². The van der Waals surface area contributed by atoms with Gasteiger partial charge >= 0.3 is 0 Å². The summed E-state index contributed by atoms with van der Waals surface area (Å²) in [6.45, 7) is 13.2. The van der Waals surface area contributed by atoms with Crippen LogP contribution in [-0.2, 0) is 0 Å². The van der Waals surface area contributed by atoms with Gasteiger partial charge in [-0.3, -0.25) is 0 Å². The fourth-order valence-corrected chi connectivity index (χ4v) is 1.91. The molecule has 0 saturated heterocycles. The average molecular weight is 256 g/mol. The normalized spacial score (nSPS) is 10.8. The third-order valence-corrected chi connectivity index (χ3v) is 2.90. The molecule has 0 atom stereocenters. The van der Waals surface area contributed by atoms with Gasteiger partial charge in [0.1, 0.15) is 6.71 Å². The summed E-state index contributed by atoms with van der Waals surface area (Å²) in [6.07, 6.45) is 12.9. The summed E-state index contributed by atoms with van der Waals surface area (Å²) in [7, 11) is 0. The molecule has 1 nitrogen and oxygen atoms in total. The summed E-state index contributed by atoms with van der Waals surface area (Å²) >= 11 is 0. The molecule has 2 heteroatoms. The van der Waals surface area contributed by atoms with E-state index in [9.17, 15) is 0 Å². The van der Waals surface area contributed by atoms with Gasteiger partial charge in [0.25, 0.3) is 0 Å². The Balaban J connectivity index is 0. The van der Waals surface area contributed by atoms with Crippen LogP contribution in [0.2, 0.25) is 19.0 Å². The quantitative estimate of drug-likeness (QED) is 0.528. The van der Waals surface area contributed by atoms with Crippen LogP contribution in [0, 0.1) is 0 Å². The molecule has 0 unspecified atom stereocenters. The predicted molar refractivity (Wildman–Crippen MR) is 86.9 cm³/mol. The molecule has 0 aromatic heterocycles. The topological polar surface area (TPSA) is 20.2 Å². The molecule has 0 aliphatic rings. The van der Waals surface area contributed by atoms with Crippen molar-refractivity contribution in [1.29, 1.82) is 0 Å². The molecular formula is C16H37BO. The van der Waals surface area contributed by atoms with Crippen molar-refractivity contribution >= 4 is 6.71 Å². The molecule has 110 valence electrons. The standard InChI is InChI=1S/C12H27B.C4H10O/c1-4-7-10-13(11-8-5-2)12-9-6-3;1-4(2,3)5/h4-12H2,1-3H3;5H,1-3H3. The minimum Gasteiger partial charge on any atom is -0.391 e. The van der Waals surface area contributed by atoms with E-state index in [2.05, 4.69) is 20.8 Å². The molecule has 0 rings (SSSR count). The van der Waals surface area contributed by atoms with Gasteiger partial charge in [-0.25, -0.2) is 0 Å². The van der Waals surface area contributed by atoms with Gasteiger partial charge in [0.05, 0.1) is 5.60 Å². The fraction of sp³-hybridized carbons (Fsp3) is 1.00. The summed E-state index contributed by atoms with van der Waals surface area (Å²) < 4.78 is 0. The highest BCUT2D eigenvalue weighted by atomic mass is 16.3. The van der Waals surface area contributed by atoms with Crippen LogP contribution in [0.25, 0.3) is 0 Å². The molecule has 0 aromatic carbocycles. The number of hydrogen-bond donors (Lipinski definition) is 1. The van der Waals surface area contributed by atoms with Crippen LogP contribution in [0.15, 0.2) is 0 Å². The molecule has 0 heterocycles. The zero-order valence-electron chi connectivity index (χ0n) is 13.9. The maximum atomic E-state index is 8.52. The molecule has 0 amide bonds. The molecule has 0 aliphatic heterocycles. The minimum atomic E-state index is -0.500. The summed E-state index contributed by atoms with van der Waals surface area (Å²) in [6, 6.07) is 0. The summed E-state index contributed by atoms with van der Waals surface area (Å²) in [5, 5.41) is 8.52. The van der Waals surface area contributed by atoms with Gasteiger partial charge in [-0.1, -0.05) is 78.3 Å². The monoisotopic (exact) mass is 256 g/mol. The van der Waals surface area contributed by atoms with Crippen LogP contribution in [0.3, 0.4) is 0 Å². The molecule has 0 aliphatic carbocycles. The average Bonchev–Trinajstić information content (AvgIpc) is 2.26. The van der Waals surface area contributed by atoms with Gasteiger partial charge in [-0.05, 0) is 20.8 Å². The third-order valence-electron chi connectivity index (χ3n) is 2.90. The number of hydrogen-bond acceptors (Lipinski definition) is 1. The molecule has 0 saturated carbocycles. The van der Waals surface area contributed by atoms with E-state index in [1.54, 1.807) is 20.8 Å². The lowest BCUT2D eigenvalue weighted by molar-refractivity contribution is 0.102. The lowest BCUT2D eigenvalue weighted by atomic mass is 9.41. The molecule has 0 spiro atoms. The lowest BCUT2D eigenvalue weighted by Gasteiger charge is -2.11. The highest BCUT2D eigenvalue weighted by molar-refractivity contribution is 6.58. The van der Waals surface area contributed by atoms with E-state index < -0.39 is 5.60 Å². The highest BCUT2D eigenvalue weighted by Gasteiger charge is 2.10. The van der Waals surface area contributed by atoms with Crippen molar-refractivity contribution in [3.05, 3.63) is 0 Å². The van der Waals surface area contributed by atoms with Crippen LogP contribution in [0.1, 0.15) is 80.1 Å². The Labute approximate surface area is 117 Å². The van der Waals surface area contributed by atoms with Crippen molar-refractivity contribution in [2.45, 2.75) is 105 Å². The van der Waals surface area contributed by atoms with Gasteiger partial charge in [0, 0.05) is 0 Å². The van der Waals surface area contributed by atoms with Crippen molar-refractivity contribution in [2.24, 2.45) is 0 Å². The predicted octanol–water partition coefficient (Wildman–Crippen LogP) is 5.66. The lowest BCUT2D eigenvalue weighted by Crippen LogP contribution is -2.11. The van der Waals surface area contributed by atoms with Crippen molar-refractivity contribution in [3.63, 3.8) is 0 Å². The maximum Gasteiger partial charge on any atom is 0.139 e. The Morgan fingerprint density at radius 3 is 1.11 bits per heavy atom. The Bertz CT molecular complexity index is 127. The van der Waals surface area contributed by atoms with E-state index >= 15 is 0 Å². The Kier molecular flexibility index (Phi) is 15.2. The van der Waals surface area contributed by atoms with E-state index in [0.29, 0.717) is 0 Å². The van der Waals surface area contributed by atoms with Gasteiger partial charge in [-0.15, -0.1) is 0 Å². The maximum absolute atomic E-state index is 8.52. The molecule has 18 heavy (non-hydrogen) atoms. The summed E-state index contributed by atoms with van der Waals surface area (Å²) in [4.78, 5) is 0. The zero-order chi connectivity index (χ0) is 14.4. The Hall–Kier alpha value is 0.0249. The summed E-state index contributed by atoms with van der Waals surface area (Å²) in [5.74, 6) is 0. The van der Waals surface area contributed by atoms with E-state index in [1.807, 2.05) is 0 Å². The van der Waals surface area contributed by atoms with E-state index in [4.69, 9.17) is 5.11 Å². The molecule has 0 bridgehead atoms. The van der Waals surface area contributed by atoms with E-state index in [1.165, 1.54) is 57.5 Å². The first-order chi connectivity index (χ1) is 8.35. The second-order valence-corrected chi connectivity index (χ2v) is 6.46. The van der Waals surface area contributed by atoms with Crippen molar-refractivity contribution in [2.75, 3.05) is 0 Å². The smallest absolute Gasteiger partial charge is 0.139 e. The SMILES string of the molecule is CC(C)(C)O.CCCCB(CCCC)CCCC. The van der Waals surface area contributed by atoms with Crippen molar-refractivity contribution < 1.29 is 5.11 Å². The van der Waals surface area contributed by atoms with E-state index in [-0.39, 0.29) is 0 Å². The van der Waals surface area contributed by atoms with E-state index in [0.717, 1.165) is 6.71 Å². The van der Waals surface area contributed by atoms with Gasteiger partial charge < -0.3 is 5.11 Å². The first kappa shape index (κ1) is 20.3. The van der Waals surface area contributed by atoms with Crippen LogP contribution in [-0.4, -0.2) is 17.4 Å². The van der Waals surface area contributed by atoms with Gasteiger partial charge in [0.2, 0.25) is 0 Å². The first-order valence-corrected chi connectivity index (χ1v) is 8.07. The Morgan fingerprint density at radius 2 is 0.944 bits per heavy atom. The first-order valence-electron chi connectivity index (χ1n) is 8.07. The fourth-order valence-electron chi connectivity index (χ4n) is 1.91. The molecular weight excluding hydrogens is 219 g/mol. The second-order valence-electron chi connectivity index (χ2n) is 6.46. The largest absolute Gasteiger partial charge is 0.391 e. The Morgan fingerprint density at radius 1 is 0.722 bits per heavy atom. The number of aliphatic hydroxyl groups is 1. The van der Waals surface area contributed by atoms with Crippen LogP contribution >= 0.6 is 0 Å². The number of rotatable bonds is 9. The highest BCUT2D eigenvalue weighted by Crippen LogP contribution is 2.16. The number of unbranched alkanes of at least 4 members (excludes halogenated alkanes) is 3. The summed E-state index contributed by atoms with van der Waals surface area (Å²) in [5.41, 5.74) is -0.500. The molecule has 0 fully saturated rings. The van der Waals surface area contributed by atoms with Crippen LogP contribution in [0.5, 0.6) is 0 Å². The molecule has 1 N–H and O–H groups in total. The molecule has 0 aromatic rings. The zero-order valence-corrected chi connectivity index (χ0v) is 13.9. The second kappa shape index (κ2) is 13.5. The minimum absolute atomic E-state index is 0.500. The van der Waals surface area contributed by atoms with Crippen molar-refractivity contribution in [3.8, 4) is 0 Å². The third kappa shape index (κ3) is 25.0. The van der Waals surface area contributed by atoms with Crippen LogP contribution < -0.4 is 0 Å². The van der Waals surface area contributed by atoms with Gasteiger partial charge in [-0.2, -0.15) is 0 Å². The van der Waals surface area contributed by atoms with Crippen molar-refractivity contribution in [1.82, 2.24) is 0 Å².